The van der Waals surface area contributed by atoms with Gasteiger partial charge in [-0.15, -0.1) is 0 Å². The Morgan fingerprint density at radius 3 is 2.88 bits per heavy atom. The zero-order valence-electron chi connectivity index (χ0n) is 8.89. The first-order chi connectivity index (χ1) is 7.75. The van der Waals surface area contributed by atoms with Crippen molar-refractivity contribution >= 4 is 23.3 Å². The second kappa shape index (κ2) is 4.94. The number of nitrogens with one attached hydrogen (secondary N) is 1. The zero-order valence-corrected chi connectivity index (χ0v) is 9.70. The number of guanidine groups is 1. The second-order valence-electron chi connectivity index (χ2n) is 3.60. The Bertz CT molecular complexity index is 402. The highest BCUT2D eigenvalue weighted by atomic mass is 32.1. The molecular weight excluding hydrogens is 220 g/mol. The van der Waals surface area contributed by atoms with Gasteiger partial charge in [-0.2, -0.15) is 0 Å². The van der Waals surface area contributed by atoms with Crippen molar-refractivity contribution in [2.45, 2.75) is 6.54 Å². The molecule has 0 saturated carbocycles. The number of rotatable bonds is 2. The molecule has 0 aromatic heterocycles. The first-order valence-electron chi connectivity index (χ1n) is 5.15. The maximum Gasteiger partial charge on any atom is 0.200 e. The van der Waals surface area contributed by atoms with Crippen molar-refractivity contribution in [2.75, 3.05) is 13.1 Å². The number of hydrogen-bond acceptors (Lipinski definition) is 3. The van der Waals surface area contributed by atoms with Gasteiger partial charge in [-0.1, -0.05) is 30.3 Å². The van der Waals surface area contributed by atoms with Gasteiger partial charge in [0.2, 0.25) is 5.96 Å². The predicted octanol–water partition coefficient (Wildman–Crippen LogP) is 0.691. The van der Waals surface area contributed by atoms with E-state index in [1.54, 1.807) is 0 Å². The van der Waals surface area contributed by atoms with Crippen LogP contribution in [0.2, 0.25) is 0 Å². The summed E-state index contributed by atoms with van der Waals surface area (Å²) < 4.78 is 0. The molecule has 1 heterocycles. The molecule has 0 fully saturated rings. The Labute approximate surface area is 100 Å². The molecule has 2 rings (SSSR count). The lowest BCUT2D eigenvalue weighted by Gasteiger charge is -2.20. The Hall–Kier alpha value is -1.62. The Balaban J connectivity index is 2.00. The molecule has 0 bridgehead atoms. The van der Waals surface area contributed by atoms with Crippen molar-refractivity contribution in [3.05, 3.63) is 35.9 Å². The molecule has 16 heavy (non-hydrogen) atoms. The van der Waals surface area contributed by atoms with Gasteiger partial charge in [0.15, 0.2) is 5.11 Å². The lowest BCUT2D eigenvalue weighted by molar-refractivity contribution is 0.444. The van der Waals surface area contributed by atoms with Crippen LogP contribution in [0.25, 0.3) is 0 Å². The molecule has 4 nitrogen and oxygen atoms in total. The van der Waals surface area contributed by atoms with E-state index in [4.69, 9.17) is 18.0 Å². The molecule has 1 aliphatic rings. The lowest BCUT2D eigenvalue weighted by atomic mass is 10.2. The van der Waals surface area contributed by atoms with E-state index < -0.39 is 0 Å². The summed E-state index contributed by atoms with van der Waals surface area (Å²) in [5, 5.41) is 3.16. The van der Waals surface area contributed by atoms with E-state index in [1.165, 1.54) is 5.56 Å². The largest absolute Gasteiger partial charge is 0.376 e. The molecule has 3 N–H and O–H groups in total. The van der Waals surface area contributed by atoms with Gasteiger partial charge in [-0.3, -0.25) is 4.99 Å². The highest BCUT2D eigenvalue weighted by molar-refractivity contribution is 7.80. The maximum absolute atomic E-state index is 5.44. The fourth-order valence-corrected chi connectivity index (χ4v) is 1.76. The Morgan fingerprint density at radius 1 is 1.44 bits per heavy atom. The molecule has 0 atom stereocenters. The van der Waals surface area contributed by atoms with Gasteiger partial charge in [-0.25, -0.2) is 0 Å². The number of hydrogen-bond donors (Lipinski definition) is 2. The molecule has 1 aromatic carbocycles. The molecule has 0 spiro atoms. The van der Waals surface area contributed by atoms with E-state index in [0.717, 1.165) is 25.6 Å². The molecule has 84 valence electrons. The van der Waals surface area contributed by atoms with Gasteiger partial charge in [0.1, 0.15) is 0 Å². The van der Waals surface area contributed by atoms with Crippen molar-refractivity contribution in [3.8, 4) is 0 Å². The number of thiocarbonyl (C=S) groups is 1. The van der Waals surface area contributed by atoms with Crippen LogP contribution < -0.4 is 11.1 Å². The van der Waals surface area contributed by atoms with Crippen LogP contribution in [0.1, 0.15) is 5.56 Å². The molecule has 0 aliphatic carbocycles. The molecule has 5 heteroatoms. The maximum atomic E-state index is 5.44. The first kappa shape index (κ1) is 10.9. The van der Waals surface area contributed by atoms with Gasteiger partial charge in [-0.05, 0) is 17.8 Å². The summed E-state index contributed by atoms with van der Waals surface area (Å²) in [4.78, 5) is 6.45. The predicted molar refractivity (Wildman–Crippen MR) is 69.1 cm³/mol. The van der Waals surface area contributed by atoms with Crippen LogP contribution in [0, 0.1) is 0 Å². The molecule has 1 aliphatic heterocycles. The normalized spacial score (nSPS) is 14.8. The highest BCUT2D eigenvalue weighted by Gasteiger charge is 2.16. The quantitative estimate of drug-likeness (QED) is 0.739. The number of nitrogens with zero attached hydrogens (tertiary/aromatic N) is 2. The van der Waals surface area contributed by atoms with Crippen LogP contribution in [0.15, 0.2) is 35.3 Å². The summed E-state index contributed by atoms with van der Waals surface area (Å²) in [5.74, 6) is 0.774. The van der Waals surface area contributed by atoms with Crippen LogP contribution in [0.3, 0.4) is 0 Å². The van der Waals surface area contributed by atoms with Crippen LogP contribution in [0.4, 0.5) is 0 Å². The third kappa shape index (κ3) is 2.70. The third-order valence-electron chi connectivity index (χ3n) is 2.38. The smallest absolute Gasteiger partial charge is 0.200 e. The van der Waals surface area contributed by atoms with Crippen molar-refractivity contribution in [1.82, 2.24) is 10.2 Å². The van der Waals surface area contributed by atoms with E-state index in [2.05, 4.69) is 27.3 Å². The molecule has 0 amide bonds. The minimum absolute atomic E-state index is 0.263. The molecule has 0 saturated heterocycles. The minimum Gasteiger partial charge on any atom is -0.376 e. The van der Waals surface area contributed by atoms with E-state index in [-0.39, 0.29) is 5.11 Å². The first-order valence-corrected chi connectivity index (χ1v) is 5.56. The monoisotopic (exact) mass is 234 g/mol. The third-order valence-corrected chi connectivity index (χ3v) is 2.48. The summed E-state index contributed by atoms with van der Waals surface area (Å²) >= 11 is 4.81. The van der Waals surface area contributed by atoms with Crippen LogP contribution in [-0.2, 0) is 6.54 Å². The topological polar surface area (TPSA) is 53.6 Å². The molecule has 0 unspecified atom stereocenters. The van der Waals surface area contributed by atoms with Gasteiger partial charge in [0, 0.05) is 13.1 Å². The van der Waals surface area contributed by atoms with Crippen molar-refractivity contribution in [2.24, 2.45) is 10.7 Å². The molecule has 0 radical (unpaired) electrons. The average Bonchev–Trinajstić information content (AvgIpc) is 2.66. The van der Waals surface area contributed by atoms with Gasteiger partial charge in [0.05, 0.1) is 6.54 Å². The van der Waals surface area contributed by atoms with E-state index in [9.17, 15) is 0 Å². The van der Waals surface area contributed by atoms with Crippen LogP contribution in [0.5, 0.6) is 0 Å². The van der Waals surface area contributed by atoms with Gasteiger partial charge >= 0.3 is 0 Å². The second-order valence-corrected chi connectivity index (χ2v) is 4.04. The van der Waals surface area contributed by atoms with Crippen molar-refractivity contribution < 1.29 is 0 Å². The fraction of sp³-hybridized carbons (Fsp3) is 0.273. The SMILES string of the molecule is NC(=S)NC1=NCCN1Cc1ccccc1. The number of aliphatic imine (C=N–C) groups is 1. The summed E-state index contributed by atoms with van der Waals surface area (Å²) in [5.41, 5.74) is 6.69. The van der Waals surface area contributed by atoms with E-state index in [0.29, 0.717) is 0 Å². The van der Waals surface area contributed by atoms with Crippen LogP contribution >= 0.6 is 12.2 Å². The Kier molecular flexibility index (Phi) is 3.36. The van der Waals surface area contributed by atoms with E-state index >= 15 is 0 Å². The summed E-state index contributed by atoms with van der Waals surface area (Å²) in [6, 6.07) is 10.3. The minimum atomic E-state index is 0.263. The average molecular weight is 234 g/mol. The van der Waals surface area contributed by atoms with Crippen molar-refractivity contribution in [1.29, 1.82) is 0 Å². The zero-order chi connectivity index (χ0) is 11.4. The Morgan fingerprint density at radius 2 is 2.19 bits per heavy atom. The fourth-order valence-electron chi connectivity index (χ4n) is 1.67. The highest BCUT2D eigenvalue weighted by Crippen LogP contribution is 2.07. The van der Waals surface area contributed by atoms with Crippen LogP contribution in [-0.4, -0.2) is 29.1 Å². The summed E-state index contributed by atoms with van der Waals surface area (Å²) in [7, 11) is 0. The number of nitrogens with two attached hydrogens (primary N) is 1. The molecular formula is C11H14N4S. The molecule has 1 aromatic rings. The lowest BCUT2D eigenvalue weighted by Crippen LogP contribution is -2.43. The van der Waals surface area contributed by atoms with Crippen molar-refractivity contribution in [3.63, 3.8) is 0 Å². The van der Waals surface area contributed by atoms with Gasteiger partial charge in [0.25, 0.3) is 0 Å². The van der Waals surface area contributed by atoms with Gasteiger partial charge < -0.3 is 16.0 Å². The summed E-state index contributed by atoms with van der Waals surface area (Å²) in [6.07, 6.45) is 0. The number of benzene rings is 1. The standard InChI is InChI=1S/C11H14N4S/c12-10(16)14-11-13-6-7-15(11)8-9-4-2-1-3-5-9/h1-5H,6-8H2,(H3,12,13,14,16). The van der Waals surface area contributed by atoms with E-state index in [1.807, 2.05) is 18.2 Å². The summed E-state index contributed by atoms with van der Waals surface area (Å²) in [6.45, 7) is 2.52.